The molecular formula is C58H61N4O+. The predicted molar refractivity (Wildman–Crippen MR) is 265 cm³/mol. The lowest BCUT2D eigenvalue weighted by Gasteiger charge is -2.42. The minimum Gasteiger partial charge on any atom is -0.457 e. The largest absolute Gasteiger partial charge is 0.457 e. The molecule has 0 spiro atoms. The fraction of sp³-hybridized carbons (Fsp3) is 0.276. The average molecular weight is 830 g/mol. The summed E-state index contributed by atoms with van der Waals surface area (Å²) in [7, 11) is 0. The molecule has 1 fully saturated rings. The number of hydrogen-bond acceptors (Lipinski definition) is 2. The Balaban J connectivity index is 1.16. The second kappa shape index (κ2) is 13.7. The van der Waals surface area contributed by atoms with Crippen molar-refractivity contribution < 1.29 is 4.74 Å². The second-order valence-electron chi connectivity index (χ2n) is 22.0. The third-order valence-corrected chi connectivity index (χ3v) is 13.5. The molecular weight excluding hydrogens is 769 g/mol. The topological polar surface area (TPSA) is 27.1 Å². The number of hydrogen-bond donors (Lipinski definition) is 0. The molecule has 318 valence electrons. The molecule has 6 aromatic carbocycles. The Labute approximate surface area is 374 Å². The highest BCUT2D eigenvalue weighted by Crippen LogP contribution is 2.77. The molecule has 0 saturated carbocycles. The highest BCUT2D eigenvalue weighted by atomic mass is 16.5. The predicted octanol–water partition coefficient (Wildman–Crippen LogP) is 16.2. The Bertz CT molecular complexity index is 3110. The number of para-hydroxylation sites is 1. The van der Waals surface area contributed by atoms with E-state index in [1.807, 2.05) is 6.20 Å². The molecule has 4 heterocycles. The van der Waals surface area contributed by atoms with Gasteiger partial charge in [-0.1, -0.05) is 150 Å². The normalized spacial score (nSPS) is 18.5. The van der Waals surface area contributed by atoms with Gasteiger partial charge in [0.25, 0.3) is 0 Å². The monoisotopic (exact) mass is 829 g/mol. The van der Waals surface area contributed by atoms with E-state index in [0.717, 1.165) is 28.4 Å². The van der Waals surface area contributed by atoms with Crippen molar-refractivity contribution >= 4 is 44.6 Å². The van der Waals surface area contributed by atoms with Gasteiger partial charge in [0.2, 0.25) is 11.4 Å². The van der Waals surface area contributed by atoms with E-state index < -0.39 is 0 Å². The van der Waals surface area contributed by atoms with Crippen molar-refractivity contribution in [1.29, 1.82) is 0 Å². The second-order valence-corrected chi connectivity index (χ2v) is 22.0. The Hall–Kier alpha value is -6.01. The van der Waals surface area contributed by atoms with E-state index in [-0.39, 0.29) is 21.7 Å². The molecule has 2 aliphatic rings. The van der Waals surface area contributed by atoms with E-state index in [1.165, 1.54) is 66.9 Å². The summed E-state index contributed by atoms with van der Waals surface area (Å²) in [5.41, 5.74) is 14.8. The molecule has 5 heteroatoms. The number of quaternary nitrogens is 2. The number of benzene rings is 6. The lowest BCUT2D eigenvalue weighted by atomic mass is 9.80. The molecule has 0 N–H and O–H groups in total. The van der Waals surface area contributed by atoms with Gasteiger partial charge in [-0.05, 0) is 85.9 Å². The van der Waals surface area contributed by atoms with E-state index in [2.05, 4.69) is 234 Å². The highest BCUT2D eigenvalue weighted by molar-refractivity contribution is 6.09. The van der Waals surface area contributed by atoms with Crippen molar-refractivity contribution in [2.24, 2.45) is 0 Å². The van der Waals surface area contributed by atoms with Crippen molar-refractivity contribution in [1.82, 2.24) is 18.7 Å². The van der Waals surface area contributed by atoms with Gasteiger partial charge < -0.3 is 4.74 Å². The van der Waals surface area contributed by atoms with Crippen LogP contribution in [-0.4, -0.2) is 9.55 Å². The summed E-state index contributed by atoms with van der Waals surface area (Å²) in [6, 6.07) is 51.6. The smallest absolute Gasteiger partial charge is 0.225 e. The Morgan fingerprint density at radius 1 is 0.476 bits per heavy atom. The van der Waals surface area contributed by atoms with E-state index in [0.29, 0.717) is 9.18 Å². The maximum absolute atomic E-state index is 7.11. The first-order chi connectivity index (χ1) is 29.7. The molecule has 0 radical (unpaired) electrons. The molecule has 0 amide bonds. The van der Waals surface area contributed by atoms with Gasteiger partial charge in [0.1, 0.15) is 17.3 Å². The maximum Gasteiger partial charge on any atom is 0.225 e. The first-order valence-electron chi connectivity index (χ1n) is 22.6. The zero-order chi connectivity index (χ0) is 44.5. The lowest BCUT2D eigenvalue weighted by Crippen LogP contribution is -2.47. The quantitative estimate of drug-likeness (QED) is 0.0948. The van der Waals surface area contributed by atoms with Crippen LogP contribution < -0.4 is 13.9 Å². The number of rotatable bonds is 6. The van der Waals surface area contributed by atoms with Crippen LogP contribution in [0.2, 0.25) is 0 Å². The van der Waals surface area contributed by atoms with E-state index in [1.54, 1.807) is 0 Å². The van der Waals surface area contributed by atoms with Gasteiger partial charge >= 0.3 is 0 Å². The van der Waals surface area contributed by atoms with Gasteiger partial charge in [0, 0.05) is 58.9 Å². The fourth-order valence-corrected chi connectivity index (χ4v) is 9.97. The zero-order valence-corrected chi connectivity index (χ0v) is 39.1. The number of pyridine rings is 1. The van der Waals surface area contributed by atoms with Crippen molar-refractivity contribution in [2.45, 2.75) is 105 Å². The van der Waals surface area contributed by atoms with Crippen LogP contribution in [-0.2, 0) is 21.7 Å². The van der Waals surface area contributed by atoms with E-state index >= 15 is 0 Å². The van der Waals surface area contributed by atoms with Gasteiger partial charge in [-0.3, -0.25) is 4.57 Å². The van der Waals surface area contributed by atoms with Crippen LogP contribution >= 0.6 is 0 Å². The standard InChI is InChI=1S/C58H61N4O/c1-55(2,3)39-25-28-50-52(33-39)61(37-62(50,61)51-24-18-22-47(58(10,11)12)54(51)38-19-14-13-15-20-38)42-31-41(57(7,8)9)32-44(35-42)63-43-26-27-46-45-21-16-17-23-48(45)60(49(46)36-43)53-34-40(29-30-59-53)56(4,5)6/h13-37H,1-12H3/q+1/t61?,62-/m1/s1. The molecule has 1 unspecified atom stereocenters. The van der Waals surface area contributed by atoms with Crippen LogP contribution in [0.4, 0.5) is 22.7 Å². The summed E-state index contributed by atoms with van der Waals surface area (Å²) in [5, 5.41) is 2.36. The number of aromatic nitrogens is 2. The van der Waals surface area contributed by atoms with E-state index in [9.17, 15) is 0 Å². The van der Waals surface area contributed by atoms with Crippen molar-refractivity contribution in [3.05, 3.63) is 175 Å². The molecule has 0 bridgehead atoms. The van der Waals surface area contributed by atoms with Crippen LogP contribution in [0.3, 0.4) is 0 Å². The molecule has 0 aliphatic carbocycles. The molecule has 5 nitrogen and oxygen atoms in total. The van der Waals surface area contributed by atoms with Crippen molar-refractivity contribution in [3.8, 4) is 28.4 Å². The molecule has 2 atom stereocenters. The first kappa shape index (κ1) is 41.0. The highest BCUT2D eigenvalue weighted by Gasteiger charge is 2.78. The van der Waals surface area contributed by atoms with Gasteiger partial charge in [0.05, 0.1) is 11.0 Å². The minimum atomic E-state index is -0.138. The average Bonchev–Trinajstić information content (AvgIpc) is 3.72. The Morgan fingerprint density at radius 3 is 1.87 bits per heavy atom. The van der Waals surface area contributed by atoms with Crippen LogP contribution in [0.15, 0.2) is 146 Å². The third kappa shape index (κ3) is 6.38. The van der Waals surface area contributed by atoms with Gasteiger partial charge in [-0.15, -0.1) is 0 Å². The van der Waals surface area contributed by atoms with Crippen molar-refractivity contribution in [2.75, 3.05) is 0 Å². The summed E-state index contributed by atoms with van der Waals surface area (Å²) < 4.78 is 10.6. The van der Waals surface area contributed by atoms with Crippen LogP contribution in [0.25, 0.3) is 38.8 Å². The van der Waals surface area contributed by atoms with Crippen molar-refractivity contribution in [3.63, 3.8) is 0 Å². The Morgan fingerprint density at radius 2 is 1.16 bits per heavy atom. The van der Waals surface area contributed by atoms with E-state index in [4.69, 9.17) is 9.72 Å². The molecule has 8 aromatic rings. The van der Waals surface area contributed by atoms with Gasteiger partial charge in [-0.2, -0.15) is 9.18 Å². The lowest BCUT2D eigenvalue weighted by molar-refractivity contribution is 0.420. The summed E-state index contributed by atoms with van der Waals surface area (Å²) >= 11 is 0. The SMILES string of the molecule is CC(C)(C)c1cc(Oc2ccc3c4ccccc4n(-c4cc(C(C)(C)C)ccn4)c3c2)cc([N+]23[CH-][N@+]2(c2cccc(C(C)(C)C)c2-c2ccccc2)c2ccc(C(C)(C)C)cc23)c1. The first-order valence-corrected chi connectivity index (χ1v) is 22.6. The van der Waals surface area contributed by atoms with Crippen LogP contribution in [0.5, 0.6) is 11.5 Å². The van der Waals surface area contributed by atoms with Gasteiger partial charge in [-0.25, -0.2) is 4.98 Å². The van der Waals surface area contributed by atoms with Crippen LogP contribution in [0, 0.1) is 6.67 Å². The summed E-state index contributed by atoms with van der Waals surface area (Å²) in [6.45, 7) is 30.1. The number of fused-ring (bicyclic) bond motifs is 7. The summed E-state index contributed by atoms with van der Waals surface area (Å²) in [6.07, 6.45) is 1.94. The van der Waals surface area contributed by atoms with Crippen LogP contribution in [0.1, 0.15) is 105 Å². The molecule has 2 aliphatic heterocycles. The number of ether oxygens (including phenoxy) is 1. The molecule has 10 rings (SSSR count). The summed E-state index contributed by atoms with van der Waals surface area (Å²) in [5.74, 6) is 2.51. The molecule has 63 heavy (non-hydrogen) atoms. The molecule has 2 aromatic heterocycles. The fourth-order valence-electron chi connectivity index (χ4n) is 9.97. The molecule has 1 saturated heterocycles. The Kier molecular flexibility index (Phi) is 8.95. The van der Waals surface area contributed by atoms with Gasteiger partial charge in [0.15, 0.2) is 18.0 Å². The maximum atomic E-state index is 7.11. The number of nitrogens with zero attached hydrogens (tertiary/aromatic N) is 4. The summed E-state index contributed by atoms with van der Waals surface area (Å²) in [4.78, 5) is 4.94. The zero-order valence-electron chi connectivity index (χ0n) is 39.1. The third-order valence-electron chi connectivity index (χ3n) is 13.5. The minimum absolute atomic E-state index is 0.00610.